The Hall–Kier alpha value is -2.99. The van der Waals surface area contributed by atoms with Gasteiger partial charge in [-0.25, -0.2) is 9.18 Å². The molecule has 0 spiro atoms. The van der Waals surface area contributed by atoms with Gasteiger partial charge in [-0.15, -0.1) is 11.3 Å². The second-order valence-electron chi connectivity index (χ2n) is 6.17. The zero-order valence-corrected chi connectivity index (χ0v) is 16.2. The zero-order chi connectivity index (χ0) is 19.9. The van der Waals surface area contributed by atoms with E-state index in [1.165, 1.54) is 29.5 Å². The van der Waals surface area contributed by atoms with Crippen LogP contribution < -0.4 is 5.32 Å². The van der Waals surface area contributed by atoms with Gasteiger partial charge in [-0.05, 0) is 36.3 Å². The lowest BCUT2D eigenvalue weighted by Gasteiger charge is -2.06. The third-order valence-electron chi connectivity index (χ3n) is 4.06. The molecule has 0 unspecified atom stereocenters. The number of halogens is 1. The Labute approximate surface area is 166 Å². The van der Waals surface area contributed by atoms with Gasteiger partial charge in [-0.1, -0.05) is 43.7 Å². The van der Waals surface area contributed by atoms with E-state index >= 15 is 0 Å². The van der Waals surface area contributed by atoms with E-state index in [0.29, 0.717) is 22.7 Å². The van der Waals surface area contributed by atoms with Gasteiger partial charge in [0.05, 0.1) is 6.61 Å². The van der Waals surface area contributed by atoms with Gasteiger partial charge in [0.2, 0.25) is 5.91 Å². The average Bonchev–Trinajstić information content (AvgIpc) is 3.05. The summed E-state index contributed by atoms with van der Waals surface area (Å²) in [6.07, 6.45) is 4.65. The molecule has 0 aliphatic carbocycles. The van der Waals surface area contributed by atoms with Crippen LogP contribution in [0.1, 0.15) is 35.7 Å². The minimum absolute atomic E-state index is 0.335. The summed E-state index contributed by atoms with van der Waals surface area (Å²) in [5.74, 6) is -1.15. The smallest absolute Gasteiger partial charge is 0.341 e. The third-order valence-corrected chi connectivity index (χ3v) is 5.15. The highest BCUT2D eigenvalue weighted by atomic mass is 32.1. The molecule has 3 rings (SSSR count). The summed E-state index contributed by atoms with van der Waals surface area (Å²) < 4.78 is 19.2. The number of amides is 1. The second-order valence-corrected chi connectivity index (χ2v) is 7.22. The number of esters is 1. The first-order valence-electron chi connectivity index (χ1n) is 9.01. The van der Waals surface area contributed by atoms with Crippen molar-refractivity contribution in [3.05, 3.63) is 71.6 Å². The standard InChI is InChI=1S/C22H20FNO3S/c1-2-3-14-27-22(26)20-17-6-4-5-7-18(17)28-21(20)24-19(25)13-10-15-8-11-16(23)12-9-15/h4-13H,2-3,14H2,1H3,(H,24,25)/b13-10+. The zero-order valence-electron chi connectivity index (χ0n) is 15.4. The number of ether oxygens (including phenoxy) is 1. The predicted octanol–water partition coefficient (Wildman–Crippen LogP) is 5.65. The number of carbonyl (C=O) groups excluding carboxylic acids is 2. The molecule has 6 heteroatoms. The van der Waals surface area contributed by atoms with Crippen LogP contribution in [0.5, 0.6) is 0 Å². The number of unbranched alkanes of at least 4 members (excludes halogenated alkanes) is 1. The summed E-state index contributed by atoms with van der Waals surface area (Å²) in [5, 5.41) is 3.98. The molecule has 2 aromatic carbocycles. The molecule has 1 aromatic heterocycles. The van der Waals surface area contributed by atoms with E-state index in [2.05, 4.69) is 5.32 Å². The maximum Gasteiger partial charge on any atom is 0.341 e. The van der Waals surface area contributed by atoms with Crippen LogP contribution in [0, 0.1) is 5.82 Å². The number of benzene rings is 2. The Kier molecular flexibility index (Phi) is 6.55. The number of thiophene rings is 1. The van der Waals surface area contributed by atoms with Gasteiger partial charge in [0, 0.05) is 16.2 Å². The van der Waals surface area contributed by atoms with E-state index in [-0.39, 0.29) is 11.7 Å². The topological polar surface area (TPSA) is 55.4 Å². The highest BCUT2D eigenvalue weighted by molar-refractivity contribution is 7.23. The van der Waals surface area contributed by atoms with Crippen molar-refractivity contribution in [2.45, 2.75) is 19.8 Å². The first-order valence-corrected chi connectivity index (χ1v) is 9.83. The fourth-order valence-corrected chi connectivity index (χ4v) is 3.71. The molecule has 4 nitrogen and oxygen atoms in total. The normalized spacial score (nSPS) is 11.1. The van der Waals surface area contributed by atoms with Gasteiger partial charge in [-0.3, -0.25) is 4.79 Å². The fraction of sp³-hybridized carbons (Fsp3) is 0.182. The molecule has 1 N–H and O–H groups in total. The fourth-order valence-electron chi connectivity index (χ4n) is 2.62. The summed E-state index contributed by atoms with van der Waals surface area (Å²) in [7, 11) is 0. The van der Waals surface area contributed by atoms with Crippen molar-refractivity contribution in [3.63, 3.8) is 0 Å². The first-order chi connectivity index (χ1) is 13.6. The number of hydrogen-bond donors (Lipinski definition) is 1. The molecule has 0 saturated carbocycles. The molecular formula is C22H20FNO3S. The van der Waals surface area contributed by atoms with Crippen molar-refractivity contribution in [1.82, 2.24) is 0 Å². The molecule has 0 radical (unpaired) electrons. The Balaban J connectivity index is 1.81. The van der Waals surface area contributed by atoms with Crippen LogP contribution in [-0.4, -0.2) is 18.5 Å². The molecule has 144 valence electrons. The van der Waals surface area contributed by atoms with E-state index in [9.17, 15) is 14.0 Å². The molecule has 1 heterocycles. The lowest BCUT2D eigenvalue weighted by Crippen LogP contribution is -2.12. The number of anilines is 1. The monoisotopic (exact) mass is 397 g/mol. The van der Waals surface area contributed by atoms with E-state index < -0.39 is 5.97 Å². The van der Waals surface area contributed by atoms with Gasteiger partial charge in [0.1, 0.15) is 16.4 Å². The summed E-state index contributed by atoms with van der Waals surface area (Å²) in [4.78, 5) is 24.9. The van der Waals surface area contributed by atoms with Gasteiger partial charge >= 0.3 is 5.97 Å². The summed E-state index contributed by atoms with van der Waals surface area (Å²) in [5.41, 5.74) is 1.08. The van der Waals surface area contributed by atoms with Gasteiger partial charge < -0.3 is 10.1 Å². The van der Waals surface area contributed by atoms with Crippen LogP contribution in [0.3, 0.4) is 0 Å². The Morgan fingerprint density at radius 3 is 2.64 bits per heavy atom. The number of nitrogens with one attached hydrogen (secondary N) is 1. The van der Waals surface area contributed by atoms with Crippen molar-refractivity contribution in [1.29, 1.82) is 0 Å². The van der Waals surface area contributed by atoms with Crippen LogP contribution in [0.2, 0.25) is 0 Å². The van der Waals surface area contributed by atoms with E-state index in [1.807, 2.05) is 31.2 Å². The number of hydrogen-bond acceptors (Lipinski definition) is 4. The average molecular weight is 397 g/mol. The predicted molar refractivity (Wildman–Crippen MR) is 111 cm³/mol. The van der Waals surface area contributed by atoms with E-state index in [0.717, 1.165) is 22.9 Å². The molecule has 3 aromatic rings. The summed E-state index contributed by atoms with van der Waals surface area (Å²) in [6, 6.07) is 13.3. The molecule has 0 atom stereocenters. The molecule has 1 amide bonds. The third kappa shape index (κ3) is 4.84. The van der Waals surface area contributed by atoms with Crippen LogP contribution >= 0.6 is 11.3 Å². The van der Waals surface area contributed by atoms with Crippen LogP contribution in [0.15, 0.2) is 54.6 Å². The Bertz CT molecular complexity index is 1010. The van der Waals surface area contributed by atoms with Gasteiger partial charge in [0.15, 0.2) is 0 Å². The highest BCUT2D eigenvalue weighted by Crippen LogP contribution is 2.36. The van der Waals surface area contributed by atoms with E-state index in [1.54, 1.807) is 18.2 Å². The molecule has 0 aliphatic heterocycles. The minimum atomic E-state index is -0.441. The van der Waals surface area contributed by atoms with Gasteiger partial charge in [0.25, 0.3) is 0 Å². The lowest BCUT2D eigenvalue weighted by molar-refractivity contribution is -0.111. The van der Waals surface area contributed by atoms with Crippen LogP contribution in [0.4, 0.5) is 9.39 Å². The number of rotatable bonds is 7. The Morgan fingerprint density at radius 1 is 1.14 bits per heavy atom. The number of fused-ring (bicyclic) bond motifs is 1. The largest absolute Gasteiger partial charge is 0.462 e. The van der Waals surface area contributed by atoms with Gasteiger partial charge in [-0.2, -0.15) is 0 Å². The summed E-state index contributed by atoms with van der Waals surface area (Å²) >= 11 is 1.33. The van der Waals surface area contributed by atoms with Crippen LogP contribution in [-0.2, 0) is 9.53 Å². The highest BCUT2D eigenvalue weighted by Gasteiger charge is 2.21. The minimum Gasteiger partial charge on any atom is -0.462 e. The summed E-state index contributed by atoms with van der Waals surface area (Å²) in [6.45, 7) is 2.37. The quantitative estimate of drug-likeness (QED) is 0.318. The van der Waals surface area contributed by atoms with Crippen molar-refractivity contribution >= 4 is 44.4 Å². The second kappa shape index (κ2) is 9.28. The Morgan fingerprint density at radius 2 is 1.89 bits per heavy atom. The van der Waals surface area contributed by atoms with Crippen LogP contribution in [0.25, 0.3) is 16.2 Å². The molecule has 28 heavy (non-hydrogen) atoms. The maximum atomic E-state index is 13.0. The SMILES string of the molecule is CCCCOC(=O)c1c(NC(=O)/C=C/c2ccc(F)cc2)sc2ccccc12. The van der Waals surface area contributed by atoms with E-state index in [4.69, 9.17) is 4.74 Å². The van der Waals surface area contributed by atoms with Crippen molar-refractivity contribution in [3.8, 4) is 0 Å². The lowest BCUT2D eigenvalue weighted by atomic mass is 10.1. The molecule has 0 aliphatic rings. The van der Waals surface area contributed by atoms with Crippen molar-refractivity contribution in [2.75, 3.05) is 11.9 Å². The first kappa shape index (κ1) is 19.8. The maximum absolute atomic E-state index is 13.0. The molecule has 0 saturated heterocycles. The van der Waals surface area contributed by atoms with Crippen molar-refractivity contribution < 1.29 is 18.7 Å². The van der Waals surface area contributed by atoms with Crippen molar-refractivity contribution in [2.24, 2.45) is 0 Å². The molecule has 0 bridgehead atoms. The molecular weight excluding hydrogens is 377 g/mol. The number of carbonyl (C=O) groups is 2. The molecule has 0 fully saturated rings.